The molecule has 0 atom stereocenters. The summed E-state index contributed by atoms with van der Waals surface area (Å²) in [6.07, 6.45) is 1.71. The lowest BCUT2D eigenvalue weighted by Gasteiger charge is -2.12. The van der Waals surface area contributed by atoms with Crippen LogP contribution in [0.1, 0.15) is 6.92 Å². The summed E-state index contributed by atoms with van der Waals surface area (Å²) in [7, 11) is 0. The molecule has 118 valence electrons. The summed E-state index contributed by atoms with van der Waals surface area (Å²) < 4.78 is 10.1. The van der Waals surface area contributed by atoms with Crippen molar-refractivity contribution < 1.29 is 14.3 Å². The van der Waals surface area contributed by atoms with Crippen LogP contribution in [-0.4, -0.2) is 49.1 Å². The maximum Gasteiger partial charge on any atom is 0.333 e. The highest BCUT2D eigenvalue weighted by Crippen LogP contribution is 1.90. The minimum atomic E-state index is -0.423. The summed E-state index contributed by atoms with van der Waals surface area (Å²) in [5, 5.41) is 9.46. The molecule has 0 unspecified atom stereocenters. The fraction of sp³-hybridized carbons (Fsp3) is 0.462. The van der Waals surface area contributed by atoms with Gasteiger partial charge in [0, 0.05) is 12.1 Å². The molecule has 0 aromatic heterocycles. The first-order chi connectivity index (χ1) is 9.97. The van der Waals surface area contributed by atoms with Crippen molar-refractivity contribution >= 4 is 40.7 Å². The SMILES string of the molecule is C=CCNC(=S)NCCOC(=S)NCCOC(=O)C(=C)C. The summed E-state index contributed by atoms with van der Waals surface area (Å²) in [4.78, 5) is 11.1. The zero-order valence-electron chi connectivity index (χ0n) is 12.1. The Balaban J connectivity index is 3.50. The molecule has 0 heterocycles. The van der Waals surface area contributed by atoms with E-state index in [-0.39, 0.29) is 11.8 Å². The van der Waals surface area contributed by atoms with Crippen LogP contribution in [0.3, 0.4) is 0 Å². The van der Waals surface area contributed by atoms with Crippen LogP contribution in [0, 0.1) is 0 Å². The Labute approximate surface area is 135 Å². The fourth-order valence-electron chi connectivity index (χ4n) is 1.01. The molecule has 0 fully saturated rings. The summed E-state index contributed by atoms with van der Waals surface area (Å²) in [6.45, 7) is 10.7. The predicted molar refractivity (Wildman–Crippen MR) is 91.1 cm³/mol. The highest BCUT2D eigenvalue weighted by atomic mass is 32.1. The molecule has 6 nitrogen and oxygen atoms in total. The molecule has 0 saturated heterocycles. The van der Waals surface area contributed by atoms with Crippen LogP contribution in [0.15, 0.2) is 24.8 Å². The van der Waals surface area contributed by atoms with Crippen LogP contribution in [0.25, 0.3) is 0 Å². The second-order valence-electron chi connectivity index (χ2n) is 3.90. The molecular weight excluding hydrogens is 310 g/mol. The second kappa shape index (κ2) is 12.1. The van der Waals surface area contributed by atoms with Crippen LogP contribution in [0.4, 0.5) is 0 Å². The monoisotopic (exact) mass is 331 g/mol. The van der Waals surface area contributed by atoms with E-state index in [1.165, 1.54) is 0 Å². The van der Waals surface area contributed by atoms with Gasteiger partial charge in [0.2, 0.25) is 0 Å². The number of carbonyl (C=O) groups is 1. The average Bonchev–Trinajstić information content (AvgIpc) is 2.45. The molecular formula is C13H21N3O3S2. The van der Waals surface area contributed by atoms with Gasteiger partial charge in [0.15, 0.2) is 5.11 Å². The number of hydrogen-bond acceptors (Lipinski definition) is 5. The van der Waals surface area contributed by atoms with E-state index in [9.17, 15) is 4.79 Å². The van der Waals surface area contributed by atoms with E-state index in [4.69, 9.17) is 33.9 Å². The topological polar surface area (TPSA) is 71.6 Å². The molecule has 0 aliphatic carbocycles. The molecule has 3 N–H and O–H groups in total. The third-order valence-corrected chi connectivity index (χ3v) is 2.53. The van der Waals surface area contributed by atoms with E-state index in [2.05, 4.69) is 29.1 Å². The Morgan fingerprint density at radius 1 is 1.14 bits per heavy atom. The molecule has 0 radical (unpaired) electrons. The normalized spacial score (nSPS) is 9.19. The van der Waals surface area contributed by atoms with Crippen LogP contribution in [0.2, 0.25) is 0 Å². The van der Waals surface area contributed by atoms with Gasteiger partial charge in [0.1, 0.15) is 13.2 Å². The highest BCUT2D eigenvalue weighted by Gasteiger charge is 2.02. The van der Waals surface area contributed by atoms with Crippen molar-refractivity contribution in [2.45, 2.75) is 6.92 Å². The summed E-state index contributed by atoms with van der Waals surface area (Å²) >= 11 is 9.95. The summed E-state index contributed by atoms with van der Waals surface area (Å²) in [5.74, 6) is -0.423. The number of carbonyl (C=O) groups excluding carboxylic acids is 1. The van der Waals surface area contributed by atoms with E-state index >= 15 is 0 Å². The lowest BCUT2D eigenvalue weighted by atomic mass is 10.4. The Bertz CT molecular complexity index is 400. The number of ether oxygens (including phenoxy) is 2. The van der Waals surface area contributed by atoms with E-state index in [1.54, 1.807) is 13.0 Å². The first kappa shape index (κ1) is 19.3. The Kier molecular flexibility index (Phi) is 11.1. The quantitative estimate of drug-likeness (QED) is 0.187. The van der Waals surface area contributed by atoms with Crippen molar-refractivity contribution in [3.05, 3.63) is 24.8 Å². The molecule has 0 bridgehead atoms. The largest absolute Gasteiger partial charge is 0.469 e. The molecule has 8 heteroatoms. The number of rotatable bonds is 9. The van der Waals surface area contributed by atoms with Crippen LogP contribution >= 0.6 is 24.4 Å². The van der Waals surface area contributed by atoms with Gasteiger partial charge < -0.3 is 25.4 Å². The maximum atomic E-state index is 11.1. The fourth-order valence-corrected chi connectivity index (χ4v) is 1.38. The van der Waals surface area contributed by atoms with Crippen LogP contribution in [-0.2, 0) is 14.3 Å². The van der Waals surface area contributed by atoms with Crippen molar-refractivity contribution in [2.24, 2.45) is 0 Å². The van der Waals surface area contributed by atoms with E-state index in [0.29, 0.717) is 36.9 Å². The molecule has 0 aliphatic heterocycles. The molecule has 0 spiro atoms. The molecule has 0 aliphatic rings. The Morgan fingerprint density at radius 2 is 1.76 bits per heavy atom. The number of esters is 1. The molecule has 21 heavy (non-hydrogen) atoms. The number of nitrogens with one attached hydrogen (secondary N) is 3. The molecule has 0 saturated carbocycles. The predicted octanol–water partition coefficient (Wildman–Crippen LogP) is 0.647. The summed E-state index contributed by atoms with van der Waals surface area (Å²) in [6, 6.07) is 0. The van der Waals surface area contributed by atoms with Crippen molar-refractivity contribution in [2.75, 3.05) is 32.8 Å². The lowest BCUT2D eigenvalue weighted by molar-refractivity contribution is -0.138. The average molecular weight is 331 g/mol. The zero-order chi connectivity index (χ0) is 16.1. The van der Waals surface area contributed by atoms with Crippen LogP contribution in [0.5, 0.6) is 0 Å². The minimum absolute atomic E-state index is 0.197. The van der Waals surface area contributed by atoms with Crippen molar-refractivity contribution in [1.29, 1.82) is 0 Å². The first-order valence-corrected chi connectivity index (χ1v) is 7.15. The van der Waals surface area contributed by atoms with Gasteiger partial charge in [0.05, 0.1) is 13.1 Å². The molecule has 0 aromatic carbocycles. The highest BCUT2D eigenvalue weighted by molar-refractivity contribution is 7.80. The van der Waals surface area contributed by atoms with Crippen LogP contribution < -0.4 is 16.0 Å². The van der Waals surface area contributed by atoms with Gasteiger partial charge in [0.25, 0.3) is 5.17 Å². The van der Waals surface area contributed by atoms with Gasteiger partial charge >= 0.3 is 5.97 Å². The van der Waals surface area contributed by atoms with E-state index in [0.717, 1.165) is 0 Å². The number of thiocarbonyl (C=S) groups is 2. The van der Waals surface area contributed by atoms with Gasteiger partial charge in [-0.25, -0.2) is 4.79 Å². The second-order valence-corrected chi connectivity index (χ2v) is 4.68. The van der Waals surface area contributed by atoms with E-state index < -0.39 is 5.97 Å². The van der Waals surface area contributed by atoms with Crippen molar-refractivity contribution in [1.82, 2.24) is 16.0 Å². The van der Waals surface area contributed by atoms with Gasteiger partial charge in [-0.05, 0) is 31.4 Å². The van der Waals surface area contributed by atoms with Crippen molar-refractivity contribution in [3.8, 4) is 0 Å². The standard InChI is InChI=1S/C13H21N3O3S2/c1-4-5-14-12(20)15-6-9-19-13(21)16-7-8-18-11(17)10(2)3/h4H,1-2,5-9H2,3H3,(H,16,21)(H2,14,15,20). The molecule has 0 amide bonds. The zero-order valence-corrected chi connectivity index (χ0v) is 13.7. The number of hydrogen-bond donors (Lipinski definition) is 3. The van der Waals surface area contributed by atoms with Gasteiger partial charge in [-0.3, -0.25) is 0 Å². The minimum Gasteiger partial charge on any atom is -0.469 e. The Hall–Kier alpha value is -1.67. The first-order valence-electron chi connectivity index (χ1n) is 6.33. The smallest absolute Gasteiger partial charge is 0.333 e. The third-order valence-electron chi connectivity index (χ3n) is 1.98. The van der Waals surface area contributed by atoms with Gasteiger partial charge in [-0.2, -0.15) is 0 Å². The lowest BCUT2D eigenvalue weighted by Crippen LogP contribution is -2.38. The molecule has 0 rings (SSSR count). The van der Waals surface area contributed by atoms with Gasteiger partial charge in [-0.15, -0.1) is 6.58 Å². The van der Waals surface area contributed by atoms with Crippen molar-refractivity contribution in [3.63, 3.8) is 0 Å². The third kappa shape index (κ3) is 11.8. The van der Waals surface area contributed by atoms with Gasteiger partial charge in [-0.1, -0.05) is 12.7 Å². The van der Waals surface area contributed by atoms with E-state index in [1.807, 2.05) is 0 Å². The Morgan fingerprint density at radius 3 is 2.38 bits per heavy atom. The molecule has 0 aromatic rings. The summed E-state index contributed by atoms with van der Waals surface area (Å²) in [5.41, 5.74) is 0.362. The maximum absolute atomic E-state index is 11.1.